The van der Waals surface area contributed by atoms with Gasteiger partial charge in [0.25, 0.3) is 0 Å². The van der Waals surface area contributed by atoms with Crippen LogP contribution in [-0.2, 0) is 31.3 Å². The number of primary amides is 1. The van der Waals surface area contributed by atoms with E-state index in [1.165, 1.54) is 24.3 Å². The van der Waals surface area contributed by atoms with Crippen molar-refractivity contribution in [2.75, 3.05) is 5.32 Å². The normalized spacial score (nSPS) is 27.3. The molecule has 0 aliphatic carbocycles. The Labute approximate surface area is 199 Å². The number of carbonyl (C=O) groups excluding carboxylic acids is 4. The van der Waals surface area contributed by atoms with Crippen molar-refractivity contribution in [1.82, 2.24) is 10.2 Å². The van der Waals surface area contributed by atoms with Crippen LogP contribution in [0.3, 0.4) is 0 Å². The molecule has 4 atom stereocenters. The number of halogens is 2. The molecule has 2 aromatic rings. The van der Waals surface area contributed by atoms with Crippen LogP contribution >= 0.6 is 11.6 Å². The number of nitrogens with two attached hydrogens (primary N) is 1. The third-order valence-electron chi connectivity index (χ3n) is 7.03. The van der Waals surface area contributed by atoms with E-state index in [4.69, 9.17) is 17.3 Å². The zero-order valence-corrected chi connectivity index (χ0v) is 19.0. The van der Waals surface area contributed by atoms with Crippen LogP contribution in [0.4, 0.5) is 10.1 Å². The van der Waals surface area contributed by atoms with Gasteiger partial charge in [0.2, 0.25) is 23.6 Å². The van der Waals surface area contributed by atoms with Crippen molar-refractivity contribution in [3.63, 3.8) is 0 Å². The molecule has 0 bridgehead atoms. The number of carbonyl (C=O) groups is 4. The Morgan fingerprint density at radius 1 is 1.18 bits per heavy atom. The highest BCUT2D eigenvalue weighted by Gasteiger charge is 2.70. The van der Waals surface area contributed by atoms with Crippen molar-refractivity contribution in [3.8, 4) is 0 Å². The quantitative estimate of drug-likeness (QED) is 0.560. The first-order valence-corrected chi connectivity index (χ1v) is 11.3. The molecule has 34 heavy (non-hydrogen) atoms. The van der Waals surface area contributed by atoms with Gasteiger partial charge in [0.1, 0.15) is 11.4 Å². The zero-order chi connectivity index (χ0) is 24.4. The molecule has 3 heterocycles. The molecule has 176 valence electrons. The lowest BCUT2D eigenvalue weighted by molar-refractivity contribution is -0.143. The first-order chi connectivity index (χ1) is 16.1. The number of fused-ring (bicyclic) bond motifs is 4. The summed E-state index contributed by atoms with van der Waals surface area (Å²) in [6.07, 6.45) is 0.170. The Morgan fingerprint density at radius 3 is 2.56 bits per heavy atom. The van der Waals surface area contributed by atoms with Gasteiger partial charge in [-0.05, 0) is 48.7 Å². The predicted molar refractivity (Wildman–Crippen MR) is 121 cm³/mol. The van der Waals surface area contributed by atoms with E-state index >= 15 is 0 Å². The molecule has 2 fully saturated rings. The summed E-state index contributed by atoms with van der Waals surface area (Å²) in [5.41, 5.74) is 6.19. The van der Waals surface area contributed by atoms with Crippen molar-refractivity contribution in [3.05, 3.63) is 63.9 Å². The van der Waals surface area contributed by atoms with Gasteiger partial charge in [-0.15, -0.1) is 0 Å². The van der Waals surface area contributed by atoms with Gasteiger partial charge in [-0.2, -0.15) is 0 Å². The van der Waals surface area contributed by atoms with Crippen molar-refractivity contribution < 1.29 is 23.6 Å². The summed E-state index contributed by atoms with van der Waals surface area (Å²) in [6, 6.07) is 8.22. The molecule has 5 rings (SSSR count). The summed E-state index contributed by atoms with van der Waals surface area (Å²) < 4.78 is 13.3. The molecule has 8 nitrogen and oxygen atoms in total. The van der Waals surface area contributed by atoms with Crippen molar-refractivity contribution >= 4 is 40.9 Å². The number of anilines is 1. The maximum absolute atomic E-state index is 13.7. The van der Waals surface area contributed by atoms with Crippen LogP contribution in [0.1, 0.15) is 29.5 Å². The maximum Gasteiger partial charge on any atom is 0.250 e. The van der Waals surface area contributed by atoms with Crippen LogP contribution in [0.2, 0.25) is 5.02 Å². The van der Waals surface area contributed by atoms with Crippen LogP contribution < -0.4 is 16.4 Å². The highest BCUT2D eigenvalue weighted by molar-refractivity contribution is 6.31. The van der Waals surface area contributed by atoms with Gasteiger partial charge in [-0.25, -0.2) is 4.39 Å². The molecule has 0 radical (unpaired) electrons. The fourth-order valence-corrected chi connectivity index (χ4v) is 5.84. The Kier molecular flexibility index (Phi) is 5.22. The summed E-state index contributed by atoms with van der Waals surface area (Å²) in [5, 5.41) is 6.49. The second kappa shape index (κ2) is 7.89. The van der Waals surface area contributed by atoms with Crippen molar-refractivity contribution in [1.29, 1.82) is 0 Å². The highest BCUT2D eigenvalue weighted by atomic mass is 35.5. The molecule has 0 saturated carbocycles. The minimum Gasteiger partial charge on any atom is -0.370 e. The Hall–Kier alpha value is -3.30. The Bertz CT molecular complexity index is 1250. The third-order valence-corrected chi connectivity index (χ3v) is 7.25. The van der Waals surface area contributed by atoms with Crippen molar-refractivity contribution in [2.45, 2.75) is 37.9 Å². The number of hydrogen-bond acceptors (Lipinski definition) is 5. The largest absolute Gasteiger partial charge is 0.370 e. The molecular weight excluding hydrogens is 463 g/mol. The summed E-state index contributed by atoms with van der Waals surface area (Å²) in [5.74, 6) is -4.28. The van der Waals surface area contributed by atoms with Gasteiger partial charge in [-0.3, -0.25) is 29.4 Å². The van der Waals surface area contributed by atoms with Gasteiger partial charge in [-0.1, -0.05) is 23.7 Å². The standard InChI is InChI=1S/C24H22ClFN4O4/c1-11-8-13(25)9-15-20(11)28-23(34)24(15)19-18(16(29-24)6-7-17(27)31)21(32)30(22(19)33)10-12-2-4-14(26)5-3-12/h2-5,8-9,16,18-19,29H,6-7,10H2,1H3,(H2,27,31)(H,28,34)/t16-,18+,19-,24-/m0/s1. The number of aryl methyl sites for hydroxylation is 1. The van der Waals surface area contributed by atoms with E-state index in [0.29, 0.717) is 21.8 Å². The smallest absolute Gasteiger partial charge is 0.250 e. The van der Waals surface area contributed by atoms with E-state index in [2.05, 4.69) is 10.6 Å². The van der Waals surface area contributed by atoms with E-state index in [1.54, 1.807) is 19.1 Å². The maximum atomic E-state index is 13.7. The number of nitrogens with zero attached hydrogens (tertiary/aromatic N) is 1. The number of hydrogen-bond donors (Lipinski definition) is 3. The van der Waals surface area contributed by atoms with Gasteiger partial charge in [0, 0.05) is 28.7 Å². The topological polar surface area (TPSA) is 122 Å². The molecule has 0 unspecified atom stereocenters. The molecule has 10 heteroatoms. The fraction of sp³-hybridized carbons (Fsp3) is 0.333. The number of imide groups is 1. The summed E-state index contributed by atoms with van der Waals surface area (Å²) in [6.45, 7) is 1.75. The Balaban J connectivity index is 1.60. The van der Waals surface area contributed by atoms with Crippen LogP contribution in [0.5, 0.6) is 0 Å². The molecule has 1 spiro atoms. The monoisotopic (exact) mass is 484 g/mol. The van der Waals surface area contributed by atoms with E-state index in [0.717, 1.165) is 10.5 Å². The lowest BCUT2D eigenvalue weighted by Crippen LogP contribution is -2.53. The van der Waals surface area contributed by atoms with Gasteiger partial charge in [0.05, 0.1) is 18.4 Å². The minimum absolute atomic E-state index is 0.0144. The lowest BCUT2D eigenvalue weighted by atomic mass is 9.76. The van der Waals surface area contributed by atoms with E-state index in [1.807, 2.05) is 0 Å². The second-order valence-electron chi connectivity index (χ2n) is 9.06. The van der Waals surface area contributed by atoms with E-state index < -0.39 is 52.9 Å². The Morgan fingerprint density at radius 2 is 1.88 bits per heavy atom. The van der Waals surface area contributed by atoms with E-state index in [-0.39, 0.29) is 19.4 Å². The molecule has 2 saturated heterocycles. The van der Waals surface area contributed by atoms with Crippen LogP contribution in [-0.4, -0.2) is 34.6 Å². The molecule has 3 aliphatic rings. The molecule has 4 amide bonds. The van der Waals surface area contributed by atoms with Crippen LogP contribution in [0, 0.1) is 24.6 Å². The molecular formula is C24H22ClFN4O4. The summed E-state index contributed by atoms with van der Waals surface area (Å²) in [4.78, 5) is 53.3. The first-order valence-electron chi connectivity index (χ1n) is 10.9. The fourth-order valence-electron chi connectivity index (χ4n) is 5.57. The van der Waals surface area contributed by atoms with Gasteiger partial charge in [0.15, 0.2) is 0 Å². The van der Waals surface area contributed by atoms with Crippen LogP contribution in [0.15, 0.2) is 36.4 Å². The van der Waals surface area contributed by atoms with Gasteiger partial charge < -0.3 is 11.1 Å². The molecule has 2 aromatic carbocycles. The second-order valence-corrected chi connectivity index (χ2v) is 9.49. The zero-order valence-electron chi connectivity index (χ0n) is 18.2. The molecule has 0 aromatic heterocycles. The van der Waals surface area contributed by atoms with Crippen molar-refractivity contribution in [2.24, 2.45) is 17.6 Å². The average molecular weight is 485 g/mol. The number of rotatable bonds is 5. The summed E-state index contributed by atoms with van der Waals surface area (Å²) in [7, 11) is 0. The van der Waals surface area contributed by atoms with E-state index in [9.17, 15) is 23.6 Å². The highest BCUT2D eigenvalue weighted by Crippen LogP contribution is 2.54. The van der Waals surface area contributed by atoms with Gasteiger partial charge >= 0.3 is 0 Å². The van der Waals surface area contributed by atoms with Crippen LogP contribution in [0.25, 0.3) is 0 Å². The minimum atomic E-state index is -1.51. The molecule has 4 N–H and O–H groups in total. The average Bonchev–Trinajstić information content (AvgIpc) is 3.35. The SMILES string of the molecule is Cc1cc(Cl)cc2c1NC(=O)[C@]21N[C@@H](CCC(N)=O)[C@H]2C(=O)N(Cc3ccc(F)cc3)C(=O)[C@H]21. The summed E-state index contributed by atoms with van der Waals surface area (Å²) >= 11 is 6.31. The number of benzene rings is 2. The number of amides is 4. The number of nitrogens with one attached hydrogen (secondary N) is 2. The third kappa shape index (κ3) is 3.22. The lowest BCUT2D eigenvalue weighted by Gasteiger charge is -2.29. The first kappa shape index (κ1) is 22.5. The number of likely N-dealkylation sites (tertiary alicyclic amines) is 1. The predicted octanol–water partition coefficient (Wildman–Crippen LogP) is 1.97. The molecule has 3 aliphatic heterocycles.